The highest BCUT2D eigenvalue weighted by atomic mass is 16.2. The van der Waals surface area contributed by atoms with Crippen molar-refractivity contribution in [2.75, 3.05) is 19.6 Å². The van der Waals surface area contributed by atoms with Gasteiger partial charge in [0.25, 0.3) is 0 Å². The average molecular weight is 295 g/mol. The van der Waals surface area contributed by atoms with Crippen LogP contribution in [0.3, 0.4) is 0 Å². The van der Waals surface area contributed by atoms with Gasteiger partial charge >= 0.3 is 0 Å². The molecule has 3 N–H and O–H groups in total. The van der Waals surface area contributed by atoms with Crippen molar-refractivity contribution < 1.29 is 9.59 Å². The number of nitrogens with one attached hydrogen (secondary N) is 1. The number of nitrogens with two attached hydrogens (primary N) is 1. The van der Waals surface area contributed by atoms with Gasteiger partial charge in [0.1, 0.15) is 6.04 Å². The van der Waals surface area contributed by atoms with Crippen LogP contribution in [0.1, 0.15) is 38.3 Å². The minimum Gasteiger partial charge on any atom is -0.355 e. The summed E-state index contributed by atoms with van der Waals surface area (Å²) >= 11 is 0. The zero-order valence-electron chi connectivity index (χ0n) is 13.0. The summed E-state index contributed by atoms with van der Waals surface area (Å²) in [6.45, 7) is 5.10. The molecule has 0 aliphatic carbocycles. The molecule has 0 aromatic carbocycles. The van der Waals surface area contributed by atoms with Gasteiger partial charge in [-0.3, -0.25) is 14.3 Å². The first-order chi connectivity index (χ1) is 9.99. The predicted molar refractivity (Wildman–Crippen MR) is 80.3 cm³/mol. The van der Waals surface area contributed by atoms with Crippen LogP contribution in [-0.2, 0) is 16.6 Å². The molecule has 1 atom stereocenters. The zero-order chi connectivity index (χ0) is 15.8. The number of amides is 2. The van der Waals surface area contributed by atoms with Crippen molar-refractivity contribution in [3.63, 3.8) is 0 Å². The molecular weight excluding hydrogens is 270 g/mol. The molecule has 1 heterocycles. The Kier molecular flexibility index (Phi) is 6.87. The van der Waals surface area contributed by atoms with Crippen molar-refractivity contribution in [3.05, 3.63) is 18.0 Å². The van der Waals surface area contributed by atoms with Gasteiger partial charge in [0, 0.05) is 31.9 Å². The monoisotopic (exact) mass is 295 g/mol. The average Bonchev–Trinajstić information content (AvgIpc) is 2.89. The van der Waals surface area contributed by atoms with E-state index in [2.05, 4.69) is 10.4 Å². The van der Waals surface area contributed by atoms with Gasteiger partial charge < -0.3 is 16.0 Å². The van der Waals surface area contributed by atoms with E-state index in [1.165, 1.54) is 4.90 Å². The Labute approximate surface area is 125 Å². The van der Waals surface area contributed by atoms with E-state index in [0.717, 1.165) is 12.8 Å². The van der Waals surface area contributed by atoms with Crippen molar-refractivity contribution in [2.45, 2.75) is 32.7 Å². The van der Waals surface area contributed by atoms with Crippen LogP contribution in [-0.4, -0.2) is 46.1 Å². The lowest BCUT2D eigenvalue weighted by atomic mass is 10.1. The van der Waals surface area contributed by atoms with Gasteiger partial charge in [-0.2, -0.15) is 5.10 Å². The summed E-state index contributed by atoms with van der Waals surface area (Å²) in [6.07, 6.45) is 4.92. The first kappa shape index (κ1) is 17.2. The summed E-state index contributed by atoms with van der Waals surface area (Å²) in [6, 6.07) is -0.788. The Hall–Kier alpha value is -1.89. The molecule has 2 amide bonds. The molecule has 0 spiro atoms. The number of nitrogens with zero attached hydrogens (tertiary/aromatic N) is 3. The van der Waals surface area contributed by atoms with Gasteiger partial charge in [0.05, 0.1) is 12.7 Å². The van der Waals surface area contributed by atoms with E-state index in [1.54, 1.807) is 24.1 Å². The highest BCUT2D eigenvalue weighted by Gasteiger charge is 2.24. The molecule has 0 radical (unpaired) electrons. The van der Waals surface area contributed by atoms with Crippen LogP contribution in [0.2, 0.25) is 0 Å². The number of aromatic nitrogens is 2. The third kappa shape index (κ3) is 5.18. The van der Waals surface area contributed by atoms with Gasteiger partial charge in [0.2, 0.25) is 11.8 Å². The molecule has 1 aromatic heterocycles. The second-order valence-electron chi connectivity index (χ2n) is 5.03. The zero-order valence-corrected chi connectivity index (χ0v) is 13.0. The molecular formula is C14H25N5O2. The van der Waals surface area contributed by atoms with Crippen molar-refractivity contribution >= 4 is 11.8 Å². The van der Waals surface area contributed by atoms with Crippen molar-refractivity contribution in [1.29, 1.82) is 0 Å². The fourth-order valence-corrected chi connectivity index (χ4v) is 1.97. The smallest absolute Gasteiger partial charge is 0.244 e. The Balaban J connectivity index is 2.70. The molecule has 0 saturated carbocycles. The summed E-state index contributed by atoms with van der Waals surface area (Å²) in [4.78, 5) is 25.7. The van der Waals surface area contributed by atoms with Crippen LogP contribution < -0.4 is 11.1 Å². The van der Waals surface area contributed by atoms with E-state index >= 15 is 0 Å². The standard InChI is InChI=1S/C14H25N5O2/c1-4-6-16-12(20)10-19(7-5-2)14(21)13(15)11-8-17-18(3)9-11/h8-9,13H,4-7,10,15H2,1-3H3,(H,16,20). The highest BCUT2D eigenvalue weighted by molar-refractivity contribution is 5.88. The molecule has 1 rings (SSSR count). The molecule has 0 fully saturated rings. The van der Waals surface area contributed by atoms with Crippen LogP contribution in [0, 0.1) is 0 Å². The van der Waals surface area contributed by atoms with Crippen molar-refractivity contribution in [1.82, 2.24) is 20.0 Å². The van der Waals surface area contributed by atoms with Crippen LogP contribution >= 0.6 is 0 Å². The maximum Gasteiger partial charge on any atom is 0.244 e. The first-order valence-electron chi connectivity index (χ1n) is 7.29. The SMILES string of the molecule is CCCNC(=O)CN(CCC)C(=O)C(N)c1cnn(C)c1. The molecule has 1 unspecified atom stereocenters. The number of aryl methyl sites for hydroxylation is 1. The van der Waals surface area contributed by atoms with Crippen LogP contribution in [0.25, 0.3) is 0 Å². The quantitative estimate of drug-likeness (QED) is 0.715. The number of hydrogen-bond donors (Lipinski definition) is 2. The number of carbonyl (C=O) groups is 2. The second-order valence-corrected chi connectivity index (χ2v) is 5.03. The molecule has 0 aliphatic rings. The molecule has 118 valence electrons. The Morgan fingerprint density at radius 2 is 2.14 bits per heavy atom. The molecule has 0 saturated heterocycles. The maximum atomic E-state index is 12.4. The normalized spacial score (nSPS) is 12.0. The molecule has 0 bridgehead atoms. The van der Waals surface area contributed by atoms with Crippen molar-refractivity contribution in [3.8, 4) is 0 Å². The van der Waals surface area contributed by atoms with E-state index in [-0.39, 0.29) is 18.4 Å². The third-order valence-corrected chi connectivity index (χ3v) is 3.06. The van der Waals surface area contributed by atoms with Crippen LogP contribution in [0.15, 0.2) is 12.4 Å². The summed E-state index contributed by atoms with van der Waals surface area (Å²) < 4.78 is 1.60. The summed E-state index contributed by atoms with van der Waals surface area (Å²) in [7, 11) is 1.77. The topological polar surface area (TPSA) is 93.2 Å². The van der Waals surface area contributed by atoms with Gasteiger partial charge in [-0.1, -0.05) is 13.8 Å². The molecule has 7 nitrogen and oxygen atoms in total. The minimum absolute atomic E-state index is 0.0423. The van der Waals surface area contributed by atoms with Gasteiger partial charge in [-0.15, -0.1) is 0 Å². The van der Waals surface area contributed by atoms with E-state index in [0.29, 0.717) is 18.7 Å². The summed E-state index contributed by atoms with van der Waals surface area (Å²) in [5.74, 6) is -0.409. The molecule has 21 heavy (non-hydrogen) atoms. The van der Waals surface area contributed by atoms with Gasteiger partial charge in [-0.05, 0) is 12.8 Å². The van der Waals surface area contributed by atoms with E-state index < -0.39 is 6.04 Å². The number of rotatable bonds is 8. The Bertz CT molecular complexity index is 472. The van der Waals surface area contributed by atoms with Crippen LogP contribution in [0.4, 0.5) is 0 Å². The van der Waals surface area contributed by atoms with E-state index in [1.807, 2.05) is 13.8 Å². The van der Waals surface area contributed by atoms with Crippen molar-refractivity contribution in [2.24, 2.45) is 12.8 Å². The Morgan fingerprint density at radius 1 is 1.43 bits per heavy atom. The predicted octanol–water partition coefficient (Wildman–Crippen LogP) is 0.185. The minimum atomic E-state index is -0.788. The van der Waals surface area contributed by atoms with Crippen LogP contribution in [0.5, 0.6) is 0 Å². The maximum absolute atomic E-state index is 12.4. The largest absolute Gasteiger partial charge is 0.355 e. The number of hydrogen-bond acceptors (Lipinski definition) is 4. The summed E-state index contributed by atoms with van der Waals surface area (Å²) in [5, 5.41) is 6.78. The lowest BCUT2D eigenvalue weighted by Gasteiger charge is -2.24. The van der Waals surface area contributed by atoms with E-state index in [9.17, 15) is 9.59 Å². The number of carbonyl (C=O) groups excluding carboxylic acids is 2. The van der Waals surface area contributed by atoms with Gasteiger partial charge in [0.15, 0.2) is 0 Å². The Morgan fingerprint density at radius 3 is 2.67 bits per heavy atom. The highest BCUT2D eigenvalue weighted by Crippen LogP contribution is 2.12. The summed E-state index contributed by atoms with van der Waals surface area (Å²) in [5.41, 5.74) is 6.63. The first-order valence-corrected chi connectivity index (χ1v) is 7.29. The fourth-order valence-electron chi connectivity index (χ4n) is 1.97. The third-order valence-electron chi connectivity index (χ3n) is 3.06. The lowest BCUT2D eigenvalue weighted by molar-refractivity contribution is -0.137. The lowest BCUT2D eigenvalue weighted by Crippen LogP contribution is -2.45. The van der Waals surface area contributed by atoms with Gasteiger partial charge in [-0.25, -0.2) is 0 Å². The molecule has 1 aromatic rings. The second kappa shape index (κ2) is 8.41. The molecule has 7 heteroatoms. The van der Waals surface area contributed by atoms with E-state index in [4.69, 9.17) is 5.73 Å². The fraction of sp³-hybridized carbons (Fsp3) is 0.643. The molecule has 0 aliphatic heterocycles.